The number of benzene rings is 1. The van der Waals surface area contributed by atoms with Gasteiger partial charge in [0.25, 0.3) is 5.69 Å². The third kappa shape index (κ3) is 2.64. The standard InChI is InChI=1S/C11H13N3O5/c12-11(3-4-19-6-11)10(16)13-8-2-1-7(14(17)18)5-9(8)15/h1-2,5,15H,3-4,6,12H2,(H,13,16). The van der Waals surface area contributed by atoms with Gasteiger partial charge >= 0.3 is 0 Å². The average molecular weight is 267 g/mol. The van der Waals surface area contributed by atoms with Gasteiger partial charge in [-0.25, -0.2) is 0 Å². The van der Waals surface area contributed by atoms with Crippen LogP contribution >= 0.6 is 0 Å². The number of phenolic OH excluding ortho intramolecular Hbond substituents is 1. The summed E-state index contributed by atoms with van der Waals surface area (Å²) >= 11 is 0. The van der Waals surface area contributed by atoms with Gasteiger partial charge in [0.2, 0.25) is 5.91 Å². The Hall–Kier alpha value is -2.19. The first-order valence-corrected chi connectivity index (χ1v) is 5.58. The first-order chi connectivity index (χ1) is 8.92. The van der Waals surface area contributed by atoms with E-state index in [-0.39, 0.29) is 23.7 Å². The molecule has 0 radical (unpaired) electrons. The van der Waals surface area contributed by atoms with Gasteiger partial charge in [0, 0.05) is 12.7 Å². The Kier molecular flexibility index (Phi) is 3.36. The number of nitrogens with two attached hydrogens (primary N) is 1. The zero-order chi connectivity index (χ0) is 14.0. The fourth-order valence-electron chi connectivity index (χ4n) is 1.75. The van der Waals surface area contributed by atoms with Gasteiger partial charge in [0.05, 0.1) is 23.3 Å². The maximum Gasteiger partial charge on any atom is 0.273 e. The topological polar surface area (TPSA) is 128 Å². The monoisotopic (exact) mass is 267 g/mol. The fraction of sp³-hybridized carbons (Fsp3) is 0.364. The molecule has 0 aliphatic carbocycles. The number of amides is 1. The number of nitrogens with zero attached hydrogens (tertiary/aromatic N) is 1. The average Bonchev–Trinajstić information content (AvgIpc) is 2.80. The van der Waals surface area contributed by atoms with Crippen LogP contribution in [-0.2, 0) is 9.53 Å². The molecule has 1 heterocycles. The van der Waals surface area contributed by atoms with Crippen molar-refractivity contribution in [1.82, 2.24) is 0 Å². The second kappa shape index (κ2) is 4.82. The molecule has 1 saturated heterocycles. The van der Waals surface area contributed by atoms with Crippen LogP contribution in [0.5, 0.6) is 5.75 Å². The maximum absolute atomic E-state index is 11.9. The van der Waals surface area contributed by atoms with Crippen LogP contribution < -0.4 is 11.1 Å². The lowest BCUT2D eigenvalue weighted by molar-refractivity contribution is -0.384. The molecule has 1 aliphatic heterocycles. The van der Waals surface area contributed by atoms with E-state index in [1.165, 1.54) is 12.1 Å². The Labute approximate surface area is 108 Å². The number of anilines is 1. The van der Waals surface area contributed by atoms with Gasteiger partial charge in [0.1, 0.15) is 11.3 Å². The summed E-state index contributed by atoms with van der Waals surface area (Å²) in [6.07, 6.45) is 0.382. The van der Waals surface area contributed by atoms with Crippen LogP contribution in [0.25, 0.3) is 0 Å². The minimum Gasteiger partial charge on any atom is -0.506 e. The summed E-state index contributed by atoms with van der Waals surface area (Å²) in [5.41, 5.74) is 4.54. The summed E-state index contributed by atoms with van der Waals surface area (Å²) in [6.45, 7) is 0.503. The summed E-state index contributed by atoms with van der Waals surface area (Å²) in [5.74, 6) is -0.876. The molecule has 0 bridgehead atoms. The van der Waals surface area contributed by atoms with E-state index in [4.69, 9.17) is 10.5 Å². The Bertz CT molecular complexity index is 525. The van der Waals surface area contributed by atoms with E-state index < -0.39 is 16.4 Å². The van der Waals surface area contributed by atoms with Gasteiger partial charge < -0.3 is 20.9 Å². The summed E-state index contributed by atoms with van der Waals surface area (Å²) in [7, 11) is 0. The number of hydrogen-bond donors (Lipinski definition) is 3. The summed E-state index contributed by atoms with van der Waals surface area (Å²) in [6, 6.07) is 3.40. The molecular weight excluding hydrogens is 254 g/mol. The number of phenols is 1. The van der Waals surface area contributed by atoms with E-state index in [0.29, 0.717) is 13.0 Å². The number of carbonyl (C=O) groups is 1. The highest BCUT2D eigenvalue weighted by Crippen LogP contribution is 2.29. The number of nitrogens with one attached hydrogen (secondary N) is 1. The number of non-ortho nitro benzene ring substituents is 1. The Morgan fingerprint density at radius 1 is 1.58 bits per heavy atom. The molecule has 102 valence electrons. The summed E-state index contributed by atoms with van der Waals surface area (Å²) in [4.78, 5) is 21.8. The molecular formula is C11H13N3O5. The minimum absolute atomic E-state index is 0.0762. The third-order valence-electron chi connectivity index (χ3n) is 2.94. The van der Waals surface area contributed by atoms with Crippen molar-refractivity contribution in [3.8, 4) is 5.75 Å². The van der Waals surface area contributed by atoms with Gasteiger partial charge in [-0.2, -0.15) is 0 Å². The van der Waals surface area contributed by atoms with Crippen molar-refractivity contribution >= 4 is 17.3 Å². The van der Waals surface area contributed by atoms with Crippen LogP contribution in [0, 0.1) is 10.1 Å². The highest BCUT2D eigenvalue weighted by atomic mass is 16.6. The molecule has 0 saturated carbocycles. The zero-order valence-corrected chi connectivity index (χ0v) is 9.96. The van der Waals surface area contributed by atoms with Crippen LogP contribution in [0.15, 0.2) is 18.2 Å². The van der Waals surface area contributed by atoms with Crippen molar-refractivity contribution in [1.29, 1.82) is 0 Å². The largest absolute Gasteiger partial charge is 0.506 e. The zero-order valence-electron chi connectivity index (χ0n) is 9.96. The number of nitro benzene ring substituents is 1. The van der Waals surface area contributed by atoms with Crippen LogP contribution in [-0.4, -0.2) is 34.7 Å². The molecule has 4 N–H and O–H groups in total. The molecule has 1 aliphatic rings. The molecule has 8 nitrogen and oxygen atoms in total. The predicted octanol–water partition coefficient (Wildman–Crippen LogP) is 0.357. The summed E-state index contributed by atoms with van der Waals surface area (Å²) < 4.78 is 5.06. The molecule has 1 aromatic rings. The van der Waals surface area contributed by atoms with Crippen LogP contribution in [0.3, 0.4) is 0 Å². The first kappa shape index (κ1) is 13.2. The van der Waals surface area contributed by atoms with E-state index in [1.54, 1.807) is 0 Å². The molecule has 0 aromatic heterocycles. The SMILES string of the molecule is NC1(C(=O)Nc2ccc([N+](=O)[O-])cc2O)CCOC1. The van der Waals surface area contributed by atoms with Crippen molar-refractivity contribution in [2.75, 3.05) is 18.5 Å². The fourth-order valence-corrected chi connectivity index (χ4v) is 1.75. The van der Waals surface area contributed by atoms with Gasteiger partial charge in [-0.15, -0.1) is 0 Å². The van der Waals surface area contributed by atoms with E-state index in [0.717, 1.165) is 6.07 Å². The van der Waals surface area contributed by atoms with E-state index in [1.807, 2.05) is 0 Å². The number of nitro groups is 1. The van der Waals surface area contributed by atoms with Gasteiger partial charge in [0.15, 0.2) is 0 Å². The molecule has 1 aromatic carbocycles. The van der Waals surface area contributed by atoms with Crippen molar-refractivity contribution in [2.24, 2.45) is 5.73 Å². The van der Waals surface area contributed by atoms with Gasteiger partial charge in [-0.1, -0.05) is 0 Å². The van der Waals surface area contributed by atoms with Crippen molar-refractivity contribution in [2.45, 2.75) is 12.0 Å². The van der Waals surface area contributed by atoms with Gasteiger partial charge in [-0.3, -0.25) is 14.9 Å². The number of carbonyl (C=O) groups excluding carboxylic acids is 1. The molecule has 8 heteroatoms. The molecule has 2 rings (SSSR count). The highest BCUT2D eigenvalue weighted by Gasteiger charge is 2.38. The minimum atomic E-state index is -1.13. The summed E-state index contributed by atoms with van der Waals surface area (Å²) in [5, 5.41) is 22.6. The van der Waals surface area contributed by atoms with E-state index in [2.05, 4.69) is 5.32 Å². The highest BCUT2D eigenvalue weighted by molar-refractivity contribution is 5.99. The number of ether oxygens (including phenoxy) is 1. The smallest absolute Gasteiger partial charge is 0.273 e. The number of rotatable bonds is 3. The first-order valence-electron chi connectivity index (χ1n) is 5.58. The molecule has 1 amide bonds. The maximum atomic E-state index is 11.9. The second-order valence-electron chi connectivity index (χ2n) is 4.37. The second-order valence-corrected chi connectivity index (χ2v) is 4.37. The quantitative estimate of drug-likeness (QED) is 0.412. The normalized spacial score (nSPS) is 22.2. The molecule has 1 unspecified atom stereocenters. The Morgan fingerprint density at radius 3 is 2.84 bits per heavy atom. The molecule has 1 atom stereocenters. The predicted molar refractivity (Wildman–Crippen MR) is 65.7 cm³/mol. The molecule has 19 heavy (non-hydrogen) atoms. The lowest BCUT2D eigenvalue weighted by Crippen LogP contribution is -2.51. The van der Waals surface area contributed by atoms with Crippen LogP contribution in [0.4, 0.5) is 11.4 Å². The Balaban J connectivity index is 2.15. The van der Waals surface area contributed by atoms with Gasteiger partial charge in [-0.05, 0) is 12.5 Å². The molecule has 0 spiro atoms. The number of hydrogen-bond acceptors (Lipinski definition) is 6. The van der Waals surface area contributed by atoms with Crippen molar-refractivity contribution < 1.29 is 19.6 Å². The van der Waals surface area contributed by atoms with Crippen molar-refractivity contribution in [3.05, 3.63) is 28.3 Å². The lowest BCUT2D eigenvalue weighted by Gasteiger charge is -2.20. The van der Waals surface area contributed by atoms with E-state index >= 15 is 0 Å². The third-order valence-corrected chi connectivity index (χ3v) is 2.94. The molecule has 1 fully saturated rings. The van der Waals surface area contributed by atoms with E-state index in [9.17, 15) is 20.0 Å². The number of aromatic hydroxyl groups is 1. The van der Waals surface area contributed by atoms with Crippen molar-refractivity contribution in [3.63, 3.8) is 0 Å². The van der Waals surface area contributed by atoms with Crippen LogP contribution in [0.1, 0.15) is 6.42 Å². The Morgan fingerprint density at radius 2 is 2.32 bits per heavy atom. The van der Waals surface area contributed by atoms with Crippen LogP contribution in [0.2, 0.25) is 0 Å². The lowest BCUT2D eigenvalue weighted by atomic mass is 9.99.